The minimum atomic E-state index is -3.75. The fraction of sp³-hybridized carbons (Fsp3) is 0.611. The van der Waals surface area contributed by atoms with Crippen molar-refractivity contribution in [1.29, 1.82) is 0 Å². The number of fused-ring (bicyclic) bond motifs is 2. The van der Waals surface area contributed by atoms with Crippen LogP contribution in [0.1, 0.15) is 39.5 Å². The molecule has 9 heteroatoms. The van der Waals surface area contributed by atoms with Gasteiger partial charge in [0.05, 0.1) is 6.10 Å². The lowest BCUT2D eigenvalue weighted by Gasteiger charge is -2.29. The molecule has 0 aliphatic carbocycles. The Balaban J connectivity index is 0.00000261. The van der Waals surface area contributed by atoms with E-state index in [1.165, 1.54) is 0 Å². The van der Waals surface area contributed by atoms with E-state index >= 15 is 0 Å². The number of hydrogen-bond donors (Lipinski definition) is 3. The molecule has 2 fully saturated rings. The second kappa shape index (κ2) is 9.12. The molecule has 0 radical (unpaired) electrons. The van der Waals surface area contributed by atoms with Crippen LogP contribution in [0.4, 0.5) is 5.69 Å². The Bertz CT molecular complexity index is 727. The minimum Gasteiger partial charge on any atom is -0.491 e. The summed E-state index contributed by atoms with van der Waals surface area (Å²) in [6.45, 7) is 3.84. The zero-order chi connectivity index (χ0) is 18.7. The fourth-order valence-electron chi connectivity index (χ4n) is 3.71. The van der Waals surface area contributed by atoms with E-state index in [0.717, 1.165) is 25.7 Å². The van der Waals surface area contributed by atoms with E-state index < -0.39 is 21.7 Å². The van der Waals surface area contributed by atoms with E-state index in [1.54, 1.807) is 24.3 Å². The highest BCUT2D eigenvalue weighted by molar-refractivity contribution is 7.93. The largest absolute Gasteiger partial charge is 0.491 e. The molecule has 3 rings (SSSR count). The van der Waals surface area contributed by atoms with E-state index in [2.05, 4.69) is 15.4 Å². The molecule has 152 valence electrons. The maximum absolute atomic E-state index is 12.2. The third-order valence-electron chi connectivity index (χ3n) is 4.66. The molecule has 2 aliphatic heterocycles. The normalized spacial score (nSPS) is 24.2. The third-order valence-corrected chi connectivity index (χ3v) is 5.85. The number of rotatable bonds is 7. The number of carbonyl (C=O) groups is 1. The first-order valence-electron chi connectivity index (χ1n) is 9.12. The second-order valence-corrected chi connectivity index (χ2v) is 9.15. The van der Waals surface area contributed by atoms with Crippen LogP contribution in [-0.4, -0.2) is 44.3 Å². The SMILES string of the molecule is CC(C)Oc1ccc(NS(=O)(=O)CC(=O)NC2CC3CCC(C2)N3)cc1.Cl. The first-order valence-corrected chi connectivity index (χ1v) is 10.8. The van der Waals surface area contributed by atoms with Gasteiger partial charge in [-0.2, -0.15) is 0 Å². The summed E-state index contributed by atoms with van der Waals surface area (Å²) < 4.78 is 32.4. The predicted octanol–water partition coefficient (Wildman–Crippen LogP) is 2.04. The van der Waals surface area contributed by atoms with Gasteiger partial charge in [0.1, 0.15) is 11.5 Å². The van der Waals surface area contributed by atoms with Crippen molar-refractivity contribution in [2.45, 2.75) is 63.8 Å². The molecular weight excluding hydrogens is 390 g/mol. The molecule has 2 atom stereocenters. The lowest BCUT2D eigenvalue weighted by molar-refractivity contribution is -0.119. The van der Waals surface area contributed by atoms with Crippen molar-refractivity contribution in [2.24, 2.45) is 0 Å². The Morgan fingerprint density at radius 1 is 1.19 bits per heavy atom. The van der Waals surface area contributed by atoms with Crippen LogP contribution in [0.3, 0.4) is 0 Å². The number of sulfonamides is 1. The summed E-state index contributed by atoms with van der Waals surface area (Å²) in [5, 5.41) is 6.37. The highest BCUT2D eigenvalue weighted by Crippen LogP contribution is 2.26. The lowest BCUT2D eigenvalue weighted by Crippen LogP contribution is -2.49. The monoisotopic (exact) mass is 417 g/mol. The molecule has 2 bridgehead atoms. The van der Waals surface area contributed by atoms with Crippen LogP contribution in [0, 0.1) is 0 Å². The van der Waals surface area contributed by atoms with Gasteiger partial charge in [-0.05, 0) is 63.8 Å². The zero-order valence-electron chi connectivity index (χ0n) is 15.6. The molecule has 27 heavy (non-hydrogen) atoms. The van der Waals surface area contributed by atoms with Crippen LogP contribution in [-0.2, 0) is 14.8 Å². The molecule has 1 aromatic carbocycles. The van der Waals surface area contributed by atoms with Gasteiger partial charge < -0.3 is 15.4 Å². The van der Waals surface area contributed by atoms with Gasteiger partial charge in [0.25, 0.3) is 0 Å². The number of ether oxygens (including phenoxy) is 1. The molecule has 0 aromatic heterocycles. The van der Waals surface area contributed by atoms with Crippen molar-refractivity contribution in [3.63, 3.8) is 0 Å². The molecule has 7 nitrogen and oxygen atoms in total. The summed E-state index contributed by atoms with van der Waals surface area (Å²) in [5.74, 6) is -0.360. The Kier molecular flexibility index (Phi) is 7.36. The predicted molar refractivity (Wildman–Crippen MR) is 108 cm³/mol. The van der Waals surface area contributed by atoms with Crippen molar-refractivity contribution in [3.05, 3.63) is 24.3 Å². The maximum atomic E-state index is 12.2. The van der Waals surface area contributed by atoms with Gasteiger partial charge in [-0.25, -0.2) is 8.42 Å². The maximum Gasteiger partial charge on any atom is 0.241 e. The van der Waals surface area contributed by atoms with Crippen LogP contribution in [0.15, 0.2) is 24.3 Å². The molecular formula is C18H28ClN3O4S. The van der Waals surface area contributed by atoms with E-state index in [0.29, 0.717) is 23.5 Å². The van der Waals surface area contributed by atoms with Gasteiger partial charge in [0.15, 0.2) is 0 Å². The van der Waals surface area contributed by atoms with Crippen molar-refractivity contribution < 1.29 is 17.9 Å². The fourth-order valence-corrected chi connectivity index (χ4v) is 4.70. The molecule has 3 N–H and O–H groups in total. The first kappa shape index (κ1) is 21.8. The standard InChI is InChI=1S/C18H27N3O4S.ClH/c1-12(2)25-17-7-5-13(6-8-17)21-26(23,24)11-18(22)20-16-9-14-3-4-15(10-16)19-14;/h5-8,12,14-16,19,21H,3-4,9-11H2,1-2H3,(H,20,22);1H. The van der Waals surface area contributed by atoms with Crippen LogP contribution >= 0.6 is 12.4 Å². The molecule has 2 unspecified atom stereocenters. The van der Waals surface area contributed by atoms with Crippen LogP contribution in [0.2, 0.25) is 0 Å². The summed E-state index contributed by atoms with van der Waals surface area (Å²) >= 11 is 0. The molecule has 2 saturated heterocycles. The molecule has 1 amide bonds. The van der Waals surface area contributed by atoms with Crippen molar-refractivity contribution in [2.75, 3.05) is 10.5 Å². The van der Waals surface area contributed by atoms with E-state index in [4.69, 9.17) is 4.74 Å². The van der Waals surface area contributed by atoms with Gasteiger partial charge in [-0.3, -0.25) is 9.52 Å². The van der Waals surface area contributed by atoms with Gasteiger partial charge in [-0.1, -0.05) is 0 Å². The van der Waals surface area contributed by atoms with Crippen molar-refractivity contribution in [3.8, 4) is 5.75 Å². The second-order valence-electron chi connectivity index (χ2n) is 7.43. The van der Waals surface area contributed by atoms with E-state index in [9.17, 15) is 13.2 Å². The highest BCUT2D eigenvalue weighted by atomic mass is 35.5. The average Bonchev–Trinajstić information content (AvgIpc) is 2.86. The smallest absolute Gasteiger partial charge is 0.241 e. The van der Waals surface area contributed by atoms with Crippen LogP contribution in [0.25, 0.3) is 0 Å². The Morgan fingerprint density at radius 2 is 1.78 bits per heavy atom. The van der Waals surface area contributed by atoms with Gasteiger partial charge in [0.2, 0.25) is 15.9 Å². The Morgan fingerprint density at radius 3 is 2.33 bits per heavy atom. The molecule has 0 saturated carbocycles. The van der Waals surface area contributed by atoms with Crippen molar-refractivity contribution >= 4 is 34.0 Å². The molecule has 2 aliphatic rings. The number of carbonyl (C=O) groups excluding carboxylic acids is 1. The lowest BCUT2D eigenvalue weighted by atomic mass is 10.00. The average molecular weight is 418 g/mol. The first-order chi connectivity index (χ1) is 12.3. The summed E-state index contributed by atoms with van der Waals surface area (Å²) in [4.78, 5) is 12.2. The van der Waals surface area contributed by atoms with E-state index in [1.807, 2.05) is 13.8 Å². The zero-order valence-corrected chi connectivity index (χ0v) is 17.2. The number of anilines is 1. The Hall–Kier alpha value is -1.51. The Labute approximate surface area is 167 Å². The van der Waals surface area contributed by atoms with Gasteiger partial charge in [-0.15, -0.1) is 12.4 Å². The summed E-state index contributed by atoms with van der Waals surface area (Å²) in [6, 6.07) is 7.59. The van der Waals surface area contributed by atoms with E-state index in [-0.39, 0.29) is 24.6 Å². The molecule has 1 aromatic rings. The summed E-state index contributed by atoms with van der Waals surface area (Å²) in [7, 11) is -3.75. The van der Waals surface area contributed by atoms with Gasteiger partial charge >= 0.3 is 0 Å². The quantitative estimate of drug-likeness (QED) is 0.630. The van der Waals surface area contributed by atoms with Crippen LogP contribution in [0.5, 0.6) is 5.75 Å². The van der Waals surface area contributed by atoms with Crippen molar-refractivity contribution in [1.82, 2.24) is 10.6 Å². The number of amides is 1. The number of halogens is 1. The number of piperidine rings is 1. The minimum absolute atomic E-state index is 0. The summed E-state index contributed by atoms with van der Waals surface area (Å²) in [5.41, 5.74) is 0.411. The van der Waals surface area contributed by atoms with Crippen LogP contribution < -0.4 is 20.1 Å². The number of hydrogen-bond acceptors (Lipinski definition) is 5. The molecule has 2 heterocycles. The van der Waals surface area contributed by atoms with Gasteiger partial charge in [0, 0.05) is 23.8 Å². The molecule has 0 spiro atoms. The number of benzene rings is 1. The topological polar surface area (TPSA) is 96.5 Å². The third kappa shape index (κ3) is 6.55. The highest BCUT2D eigenvalue weighted by Gasteiger charge is 2.34. The summed E-state index contributed by atoms with van der Waals surface area (Å²) in [6.07, 6.45) is 4.05. The number of nitrogens with one attached hydrogen (secondary N) is 3.